The first-order chi connectivity index (χ1) is 5.79. The zero-order valence-electron chi connectivity index (χ0n) is 6.52. The van der Waals surface area contributed by atoms with E-state index >= 15 is 0 Å². The van der Waals surface area contributed by atoms with E-state index in [9.17, 15) is 18.0 Å². The average Bonchev–Trinajstić information content (AvgIpc) is 2.30. The highest BCUT2D eigenvalue weighted by molar-refractivity contribution is 6.66. The van der Waals surface area contributed by atoms with Gasteiger partial charge in [0.05, 0.1) is 0 Å². The van der Waals surface area contributed by atoms with Gasteiger partial charge in [-0.3, -0.25) is 4.79 Å². The molecule has 1 aliphatic rings. The zero-order valence-corrected chi connectivity index (χ0v) is 7.28. The van der Waals surface area contributed by atoms with Gasteiger partial charge < -0.3 is 5.01 Å². The zero-order chi connectivity index (χ0) is 10.3. The normalized spacial score (nSPS) is 28.2. The molecule has 13 heavy (non-hydrogen) atoms. The molecule has 0 bridgehead atoms. The number of hydrogen-bond acceptors (Lipinski definition) is 3. The summed E-state index contributed by atoms with van der Waals surface area (Å²) in [6, 6.07) is 0. The summed E-state index contributed by atoms with van der Waals surface area (Å²) in [6.45, 7) is 0. The van der Waals surface area contributed by atoms with Gasteiger partial charge in [-0.2, -0.15) is 13.2 Å². The molecule has 7 heteroatoms. The van der Waals surface area contributed by atoms with Crippen molar-refractivity contribution in [3.05, 3.63) is 12.3 Å². The van der Waals surface area contributed by atoms with Crippen LogP contribution in [0.3, 0.4) is 0 Å². The Labute approximate surface area is 77.1 Å². The van der Waals surface area contributed by atoms with Crippen molar-refractivity contribution in [1.29, 1.82) is 0 Å². The topological polar surface area (TPSA) is 32.3 Å². The lowest BCUT2D eigenvalue weighted by Gasteiger charge is -2.28. The predicted octanol–water partition coefficient (Wildman–Crippen LogP) is 1.02. The minimum absolute atomic E-state index is 0.683. The Hall–Kier alpha value is -0.750. The minimum atomic E-state index is -4.74. The average molecular weight is 215 g/mol. The maximum Gasteiger partial charge on any atom is 0.420 e. The number of nitrogens with zero attached hydrogens (tertiary/aromatic N) is 1. The molecule has 1 heterocycles. The summed E-state index contributed by atoms with van der Waals surface area (Å²) in [5, 5.41) is -0.478. The van der Waals surface area contributed by atoms with E-state index in [1.165, 1.54) is 7.05 Å². The number of nitrogens with one attached hydrogen (secondary N) is 1. The van der Waals surface area contributed by atoms with Crippen molar-refractivity contribution in [2.45, 2.75) is 11.7 Å². The van der Waals surface area contributed by atoms with Crippen LogP contribution in [-0.4, -0.2) is 29.0 Å². The van der Waals surface area contributed by atoms with Crippen LogP contribution in [0.25, 0.3) is 0 Å². The van der Waals surface area contributed by atoms with E-state index in [-0.39, 0.29) is 0 Å². The molecule has 0 saturated heterocycles. The van der Waals surface area contributed by atoms with E-state index in [0.717, 1.165) is 11.2 Å². The van der Waals surface area contributed by atoms with Crippen LogP contribution in [0.1, 0.15) is 0 Å². The lowest BCUT2D eigenvalue weighted by molar-refractivity contribution is -0.186. The van der Waals surface area contributed by atoms with Crippen LogP contribution in [0.15, 0.2) is 12.3 Å². The number of carbonyl (C=O) groups excluding carboxylic acids is 1. The highest BCUT2D eigenvalue weighted by Gasteiger charge is 2.60. The van der Waals surface area contributed by atoms with E-state index in [1.807, 2.05) is 5.43 Å². The Morgan fingerprint density at radius 3 is 2.31 bits per heavy atom. The molecule has 1 atom stereocenters. The van der Waals surface area contributed by atoms with Gasteiger partial charge in [0.25, 0.3) is 5.24 Å². The quantitative estimate of drug-likeness (QED) is 0.662. The number of carbonyl (C=O) groups is 1. The molecule has 0 aromatic carbocycles. The Balaban J connectivity index is 3.06. The standard InChI is InChI=1S/C6H6ClF3N2O/c1-12-3-2-5(11-12,4(7)13)6(8,9)10/h2-3,11H,1H3. The van der Waals surface area contributed by atoms with Gasteiger partial charge >= 0.3 is 6.18 Å². The Bertz CT molecular complexity index is 265. The molecule has 0 radical (unpaired) electrons. The van der Waals surface area contributed by atoms with Gasteiger partial charge in [-0.25, -0.2) is 5.43 Å². The van der Waals surface area contributed by atoms with Crippen LogP contribution in [-0.2, 0) is 4.79 Å². The van der Waals surface area contributed by atoms with Crippen molar-refractivity contribution < 1.29 is 18.0 Å². The summed E-state index contributed by atoms with van der Waals surface area (Å²) < 4.78 is 37.2. The fourth-order valence-electron chi connectivity index (χ4n) is 0.955. The summed E-state index contributed by atoms with van der Waals surface area (Å²) in [5.41, 5.74) is -0.852. The third kappa shape index (κ3) is 1.51. The second kappa shape index (κ2) is 2.88. The SMILES string of the molecule is CN1C=CC(C(=O)Cl)(C(F)(F)F)N1. The number of alkyl halides is 3. The van der Waals surface area contributed by atoms with Gasteiger partial charge in [-0.05, 0) is 17.7 Å². The molecule has 0 saturated carbocycles. The molecule has 0 aromatic heterocycles. The molecule has 1 rings (SSSR count). The molecule has 0 aliphatic carbocycles. The van der Waals surface area contributed by atoms with Crippen molar-refractivity contribution >= 4 is 16.8 Å². The summed E-state index contributed by atoms with van der Waals surface area (Å²) in [7, 11) is 1.34. The van der Waals surface area contributed by atoms with Crippen molar-refractivity contribution in [2.24, 2.45) is 0 Å². The van der Waals surface area contributed by atoms with E-state index in [4.69, 9.17) is 11.6 Å². The van der Waals surface area contributed by atoms with Crippen LogP contribution in [0, 0.1) is 0 Å². The molecule has 0 fully saturated rings. The van der Waals surface area contributed by atoms with E-state index in [2.05, 4.69) is 0 Å². The fraction of sp³-hybridized carbons (Fsp3) is 0.500. The molecule has 3 nitrogen and oxygen atoms in total. The van der Waals surface area contributed by atoms with Crippen molar-refractivity contribution in [2.75, 3.05) is 7.05 Å². The Morgan fingerprint density at radius 1 is 1.62 bits per heavy atom. The maximum atomic E-state index is 12.4. The summed E-state index contributed by atoms with van der Waals surface area (Å²) in [4.78, 5) is 10.7. The van der Waals surface area contributed by atoms with E-state index in [1.54, 1.807) is 0 Å². The highest BCUT2D eigenvalue weighted by atomic mass is 35.5. The van der Waals surface area contributed by atoms with Crippen molar-refractivity contribution in [3.8, 4) is 0 Å². The first-order valence-corrected chi connectivity index (χ1v) is 3.64. The first kappa shape index (κ1) is 10.3. The Kier molecular flexibility index (Phi) is 2.29. The van der Waals surface area contributed by atoms with Gasteiger partial charge in [-0.15, -0.1) is 0 Å². The molecule has 0 spiro atoms. The Morgan fingerprint density at radius 2 is 2.15 bits per heavy atom. The van der Waals surface area contributed by atoms with Crippen molar-refractivity contribution in [3.63, 3.8) is 0 Å². The largest absolute Gasteiger partial charge is 0.420 e. The van der Waals surface area contributed by atoms with E-state index in [0.29, 0.717) is 6.08 Å². The molecule has 0 aromatic rings. The van der Waals surface area contributed by atoms with Gasteiger partial charge in [0.2, 0.25) is 5.54 Å². The third-order valence-corrected chi connectivity index (χ3v) is 1.96. The van der Waals surface area contributed by atoms with Gasteiger partial charge in [-0.1, -0.05) is 0 Å². The molecule has 0 amide bonds. The first-order valence-electron chi connectivity index (χ1n) is 3.26. The molecular formula is C6H6ClF3N2O. The van der Waals surface area contributed by atoms with Gasteiger partial charge in [0.15, 0.2) is 0 Å². The van der Waals surface area contributed by atoms with Crippen LogP contribution in [0.4, 0.5) is 13.2 Å². The second-order valence-corrected chi connectivity index (χ2v) is 2.96. The highest BCUT2D eigenvalue weighted by Crippen LogP contribution is 2.36. The van der Waals surface area contributed by atoms with Gasteiger partial charge in [0, 0.05) is 13.2 Å². The summed E-state index contributed by atoms with van der Waals surface area (Å²) in [6.07, 6.45) is -2.97. The van der Waals surface area contributed by atoms with Gasteiger partial charge in [0.1, 0.15) is 0 Å². The predicted molar refractivity (Wildman–Crippen MR) is 39.7 cm³/mol. The van der Waals surface area contributed by atoms with Crippen LogP contribution < -0.4 is 5.43 Å². The number of hydrogen-bond donors (Lipinski definition) is 1. The summed E-state index contributed by atoms with van der Waals surface area (Å²) >= 11 is 4.89. The second-order valence-electron chi connectivity index (χ2n) is 2.62. The number of halogens is 4. The minimum Gasteiger partial charge on any atom is -0.317 e. The van der Waals surface area contributed by atoms with Crippen LogP contribution in [0.5, 0.6) is 0 Å². The van der Waals surface area contributed by atoms with Crippen LogP contribution in [0.2, 0.25) is 0 Å². The fourth-order valence-corrected chi connectivity index (χ4v) is 1.17. The maximum absolute atomic E-state index is 12.4. The monoisotopic (exact) mass is 214 g/mol. The van der Waals surface area contributed by atoms with E-state index < -0.39 is 17.0 Å². The molecule has 1 N–H and O–H groups in total. The molecular weight excluding hydrogens is 209 g/mol. The lowest BCUT2D eigenvalue weighted by atomic mass is 10.0. The van der Waals surface area contributed by atoms with Crippen molar-refractivity contribution in [1.82, 2.24) is 10.4 Å². The molecule has 1 aliphatic heterocycles. The summed E-state index contributed by atoms with van der Waals surface area (Å²) in [5.74, 6) is 0. The third-order valence-electron chi connectivity index (χ3n) is 1.66. The number of hydrazine groups is 1. The number of rotatable bonds is 1. The molecule has 1 unspecified atom stereocenters. The van der Waals surface area contributed by atoms with Crippen LogP contribution >= 0.6 is 11.6 Å². The smallest absolute Gasteiger partial charge is 0.317 e. The lowest BCUT2D eigenvalue weighted by Crippen LogP contribution is -2.59. The molecule has 74 valence electrons.